The number of hydrogen-bond acceptors (Lipinski definition) is 4. The molecule has 3 rings (SSSR count). The van der Waals surface area contributed by atoms with Gasteiger partial charge >= 0.3 is 0 Å². The molecule has 0 saturated carbocycles. The molecule has 1 heterocycles. The van der Waals surface area contributed by atoms with E-state index in [0.29, 0.717) is 11.3 Å². The first-order valence-corrected chi connectivity index (χ1v) is 10.1. The van der Waals surface area contributed by atoms with Crippen LogP contribution in [0.1, 0.15) is 23.7 Å². The van der Waals surface area contributed by atoms with Crippen LogP contribution >= 0.6 is 0 Å². The third kappa shape index (κ3) is 3.23. The maximum absolute atomic E-state index is 13.8. The number of halogens is 1. The molecule has 0 radical (unpaired) electrons. The molecule has 1 fully saturated rings. The van der Waals surface area contributed by atoms with Gasteiger partial charge in [0.15, 0.2) is 15.6 Å². The highest BCUT2D eigenvalue weighted by Gasteiger charge is 2.55. The lowest BCUT2D eigenvalue weighted by atomic mass is 9.76. The van der Waals surface area contributed by atoms with E-state index in [9.17, 15) is 22.4 Å². The maximum atomic E-state index is 13.8. The number of fused-ring (bicyclic) bond motifs is 1. The van der Waals surface area contributed by atoms with Crippen molar-refractivity contribution < 1.29 is 22.4 Å². The monoisotopic (exact) mass is 377 g/mol. The van der Waals surface area contributed by atoms with Gasteiger partial charge in [-0.1, -0.05) is 30.3 Å². The van der Waals surface area contributed by atoms with Crippen molar-refractivity contribution in [1.29, 1.82) is 0 Å². The van der Waals surface area contributed by atoms with Crippen LogP contribution in [0.25, 0.3) is 0 Å². The van der Waals surface area contributed by atoms with Gasteiger partial charge in [-0.2, -0.15) is 0 Å². The second-order valence-corrected chi connectivity index (χ2v) is 9.13. The molecule has 0 N–H and O–H groups in total. The lowest BCUT2D eigenvalue weighted by molar-refractivity contribution is -0.133. The predicted molar refractivity (Wildman–Crippen MR) is 95.7 cm³/mol. The molecule has 1 aliphatic carbocycles. The Hall–Kier alpha value is -2.28. The molecule has 2 atom stereocenters. The van der Waals surface area contributed by atoms with E-state index in [4.69, 9.17) is 0 Å². The summed E-state index contributed by atoms with van der Waals surface area (Å²) in [6, 6.07) is 8.15. The number of hydrogen-bond donors (Lipinski definition) is 0. The Morgan fingerprint density at radius 3 is 2.58 bits per heavy atom. The van der Waals surface area contributed by atoms with Gasteiger partial charge in [-0.25, -0.2) is 12.8 Å². The van der Waals surface area contributed by atoms with Crippen molar-refractivity contribution in [2.75, 3.05) is 18.6 Å². The molecule has 1 aromatic rings. The Morgan fingerprint density at radius 2 is 1.92 bits per heavy atom. The van der Waals surface area contributed by atoms with Gasteiger partial charge in [0.1, 0.15) is 11.6 Å². The van der Waals surface area contributed by atoms with Crippen LogP contribution in [0, 0.1) is 11.3 Å². The molecule has 0 aromatic heterocycles. The van der Waals surface area contributed by atoms with Gasteiger partial charge in [0.05, 0.1) is 11.2 Å². The minimum atomic E-state index is -3.86. The minimum Gasteiger partial charge on any atom is -0.318 e. The molecule has 1 aliphatic heterocycles. The molecular formula is C19H20FNO4S. The number of rotatable bonds is 5. The molecule has 0 spiro atoms. The number of allylic oxidation sites excluding steroid dienone is 4. The van der Waals surface area contributed by atoms with Gasteiger partial charge in [0.2, 0.25) is 5.91 Å². The van der Waals surface area contributed by atoms with Crippen molar-refractivity contribution >= 4 is 21.5 Å². The summed E-state index contributed by atoms with van der Waals surface area (Å²) in [4.78, 5) is 26.4. The van der Waals surface area contributed by atoms with E-state index < -0.39 is 38.5 Å². The average molecular weight is 377 g/mol. The third-order valence-corrected chi connectivity index (χ3v) is 6.85. The van der Waals surface area contributed by atoms with Gasteiger partial charge in [-0.05, 0) is 19.1 Å². The molecule has 7 heteroatoms. The van der Waals surface area contributed by atoms with Crippen LogP contribution in [0.3, 0.4) is 0 Å². The van der Waals surface area contributed by atoms with Gasteiger partial charge in [0.25, 0.3) is 0 Å². The molecule has 5 nitrogen and oxygen atoms in total. The first-order chi connectivity index (χ1) is 12.1. The second-order valence-electron chi connectivity index (χ2n) is 7.06. The number of likely N-dealkylation sites (tertiary alicyclic amines) is 1. The highest BCUT2D eigenvalue weighted by atomic mass is 32.2. The van der Waals surface area contributed by atoms with Gasteiger partial charge in [0, 0.05) is 30.6 Å². The lowest BCUT2D eigenvalue weighted by Crippen LogP contribution is -2.40. The van der Waals surface area contributed by atoms with Crippen molar-refractivity contribution in [3.05, 3.63) is 59.6 Å². The van der Waals surface area contributed by atoms with Crippen LogP contribution in [0.5, 0.6) is 0 Å². The van der Waals surface area contributed by atoms with Crippen LogP contribution in [-0.4, -0.2) is 43.6 Å². The van der Waals surface area contributed by atoms with Gasteiger partial charge in [-0.3, -0.25) is 9.59 Å². The Balaban J connectivity index is 1.84. The predicted octanol–water partition coefficient (Wildman–Crippen LogP) is 2.52. The number of Topliss-reactive ketones (excluding diaryl/α,β-unsaturated/α-hetero) is 1. The fraction of sp³-hybridized carbons (Fsp3) is 0.368. The van der Waals surface area contributed by atoms with E-state index in [-0.39, 0.29) is 18.2 Å². The number of benzene rings is 1. The van der Waals surface area contributed by atoms with E-state index in [0.717, 1.165) is 0 Å². The molecule has 1 saturated heterocycles. The molecule has 138 valence electrons. The van der Waals surface area contributed by atoms with E-state index in [2.05, 4.69) is 0 Å². The molecule has 2 aliphatic rings. The first-order valence-electron chi connectivity index (χ1n) is 8.27. The normalized spacial score (nSPS) is 25.6. The maximum Gasteiger partial charge on any atom is 0.234 e. The van der Waals surface area contributed by atoms with E-state index in [1.54, 1.807) is 44.3 Å². The summed E-state index contributed by atoms with van der Waals surface area (Å²) in [5, 5.41) is 0. The Labute approximate surface area is 152 Å². The number of carbonyl (C=O) groups is 2. The molecule has 1 aromatic carbocycles. The zero-order chi connectivity index (χ0) is 19.1. The topological polar surface area (TPSA) is 71.5 Å². The number of carbonyl (C=O) groups excluding carboxylic acids is 2. The Bertz CT molecular complexity index is 920. The zero-order valence-corrected chi connectivity index (χ0v) is 15.4. The molecule has 1 amide bonds. The summed E-state index contributed by atoms with van der Waals surface area (Å²) in [7, 11) is -2.30. The zero-order valence-electron chi connectivity index (χ0n) is 14.6. The van der Waals surface area contributed by atoms with Crippen molar-refractivity contribution in [3.8, 4) is 0 Å². The summed E-state index contributed by atoms with van der Waals surface area (Å²) in [6.07, 6.45) is 2.81. The smallest absolute Gasteiger partial charge is 0.234 e. The van der Waals surface area contributed by atoms with Crippen LogP contribution in [-0.2, 0) is 14.6 Å². The molecular weight excluding hydrogens is 357 g/mol. The number of nitrogens with zero attached hydrogens (tertiary/aromatic N) is 1. The fourth-order valence-corrected chi connectivity index (χ4v) is 5.69. The summed E-state index contributed by atoms with van der Waals surface area (Å²) >= 11 is 0. The van der Waals surface area contributed by atoms with Gasteiger partial charge < -0.3 is 4.90 Å². The van der Waals surface area contributed by atoms with Crippen LogP contribution in [0.15, 0.2) is 54.0 Å². The average Bonchev–Trinajstić information content (AvgIpc) is 2.76. The van der Waals surface area contributed by atoms with E-state index >= 15 is 0 Å². The van der Waals surface area contributed by atoms with Crippen molar-refractivity contribution in [1.82, 2.24) is 4.90 Å². The lowest BCUT2D eigenvalue weighted by Gasteiger charge is -2.28. The fourth-order valence-electron chi connectivity index (χ4n) is 3.78. The highest BCUT2D eigenvalue weighted by molar-refractivity contribution is 7.92. The summed E-state index contributed by atoms with van der Waals surface area (Å²) in [5.74, 6) is -2.98. The minimum absolute atomic E-state index is 0.0133. The largest absolute Gasteiger partial charge is 0.318 e. The van der Waals surface area contributed by atoms with Crippen molar-refractivity contribution in [2.24, 2.45) is 11.3 Å². The van der Waals surface area contributed by atoms with Crippen molar-refractivity contribution in [2.45, 2.75) is 13.3 Å². The number of ketones is 1. The molecule has 2 unspecified atom stereocenters. The quantitative estimate of drug-likeness (QED) is 0.739. The molecule has 0 bridgehead atoms. The summed E-state index contributed by atoms with van der Waals surface area (Å²) in [5.41, 5.74) is -0.367. The van der Waals surface area contributed by atoms with E-state index in [1.807, 2.05) is 0 Å². The van der Waals surface area contributed by atoms with E-state index in [1.165, 1.54) is 17.1 Å². The number of sulfone groups is 1. The summed E-state index contributed by atoms with van der Waals surface area (Å²) in [6.45, 7) is 1.54. The number of amides is 1. The Morgan fingerprint density at radius 1 is 1.27 bits per heavy atom. The second kappa shape index (κ2) is 6.46. The first kappa shape index (κ1) is 18.5. The molecule has 26 heavy (non-hydrogen) atoms. The van der Waals surface area contributed by atoms with Crippen LogP contribution in [0.2, 0.25) is 0 Å². The van der Waals surface area contributed by atoms with Crippen LogP contribution < -0.4 is 0 Å². The summed E-state index contributed by atoms with van der Waals surface area (Å²) < 4.78 is 39.1. The standard InChI is InChI=1S/C19H20FNO4S/c1-19(15-10-14(20)8-9-16(15)21(2)18(19)23)12-26(24,25)11-17(22)13-6-4-3-5-7-13/h3-9,15H,10-12H2,1-2H3. The highest BCUT2D eigenvalue weighted by Crippen LogP contribution is 2.49. The van der Waals surface area contributed by atoms with Gasteiger partial charge in [-0.15, -0.1) is 0 Å². The Kier molecular flexibility index (Phi) is 4.60. The third-order valence-electron chi connectivity index (χ3n) is 5.11. The SMILES string of the molecule is CN1C(=O)C(C)(CS(=O)(=O)CC(=O)c2ccccc2)C2CC(F)=CC=C21. The van der Waals surface area contributed by atoms with Crippen molar-refractivity contribution in [3.63, 3.8) is 0 Å². The van der Waals surface area contributed by atoms with Crippen LogP contribution in [0.4, 0.5) is 4.39 Å².